The molecular weight excluding hydrogens is 258 g/mol. The van der Waals surface area contributed by atoms with Crippen molar-refractivity contribution in [2.45, 2.75) is 25.8 Å². The second-order valence-corrected chi connectivity index (χ2v) is 5.56. The van der Waals surface area contributed by atoms with Gasteiger partial charge in [0.2, 0.25) is 6.79 Å². The number of aliphatic carboxylic acids is 1. The average molecular weight is 277 g/mol. The minimum absolute atomic E-state index is 0.0567. The molecule has 0 bridgehead atoms. The summed E-state index contributed by atoms with van der Waals surface area (Å²) in [7, 11) is 0. The maximum atomic E-state index is 11.0. The third-order valence-electron chi connectivity index (χ3n) is 3.95. The van der Waals surface area contributed by atoms with Crippen molar-refractivity contribution < 1.29 is 19.4 Å². The zero-order valence-electron chi connectivity index (χ0n) is 11.5. The Bertz CT molecular complexity index is 513. The van der Waals surface area contributed by atoms with Gasteiger partial charge in [0.25, 0.3) is 0 Å². The molecule has 108 valence electrons. The Balaban J connectivity index is 1.76. The van der Waals surface area contributed by atoms with E-state index in [0.717, 1.165) is 23.6 Å². The molecule has 3 rings (SSSR count). The molecule has 1 aromatic carbocycles. The number of carboxylic acids is 1. The Kier molecular flexibility index (Phi) is 3.53. The molecule has 1 aliphatic heterocycles. The molecule has 1 fully saturated rings. The van der Waals surface area contributed by atoms with Crippen LogP contribution in [0.1, 0.15) is 31.4 Å². The highest BCUT2D eigenvalue weighted by molar-refractivity contribution is 5.69. The number of rotatable bonds is 6. The van der Waals surface area contributed by atoms with E-state index in [1.165, 1.54) is 12.8 Å². The summed E-state index contributed by atoms with van der Waals surface area (Å²) in [6, 6.07) is 5.89. The van der Waals surface area contributed by atoms with Gasteiger partial charge < -0.3 is 14.6 Å². The van der Waals surface area contributed by atoms with Gasteiger partial charge in [-0.1, -0.05) is 6.07 Å². The van der Waals surface area contributed by atoms with E-state index < -0.39 is 5.97 Å². The fraction of sp³-hybridized carbons (Fsp3) is 0.533. The van der Waals surface area contributed by atoms with Crippen molar-refractivity contribution in [1.29, 1.82) is 0 Å². The van der Waals surface area contributed by atoms with Crippen molar-refractivity contribution in [3.8, 4) is 11.5 Å². The van der Waals surface area contributed by atoms with Crippen LogP contribution < -0.4 is 9.47 Å². The fourth-order valence-electron chi connectivity index (χ4n) is 2.55. The summed E-state index contributed by atoms with van der Waals surface area (Å²) < 4.78 is 10.7. The molecule has 1 aromatic rings. The third kappa shape index (κ3) is 2.88. The lowest BCUT2D eigenvalue weighted by molar-refractivity contribution is -0.139. The first-order valence-corrected chi connectivity index (χ1v) is 6.99. The zero-order valence-corrected chi connectivity index (χ0v) is 11.5. The van der Waals surface area contributed by atoms with Crippen molar-refractivity contribution in [3.05, 3.63) is 23.8 Å². The predicted molar refractivity (Wildman–Crippen MR) is 72.9 cm³/mol. The molecule has 1 atom stereocenters. The van der Waals surface area contributed by atoms with E-state index >= 15 is 0 Å². The van der Waals surface area contributed by atoms with Gasteiger partial charge in [-0.2, -0.15) is 0 Å². The molecule has 5 heteroatoms. The van der Waals surface area contributed by atoms with E-state index in [0.29, 0.717) is 5.92 Å². The summed E-state index contributed by atoms with van der Waals surface area (Å²) in [6.07, 6.45) is 2.42. The van der Waals surface area contributed by atoms with Gasteiger partial charge in [0.1, 0.15) is 0 Å². The zero-order chi connectivity index (χ0) is 14.1. The smallest absolute Gasteiger partial charge is 0.317 e. The number of hydrogen-bond acceptors (Lipinski definition) is 4. The Morgan fingerprint density at radius 1 is 1.40 bits per heavy atom. The molecule has 1 N–H and O–H groups in total. The number of fused-ring (bicyclic) bond motifs is 1. The maximum absolute atomic E-state index is 11.0. The second kappa shape index (κ2) is 5.32. The SMILES string of the molecule is CC(c1ccc2c(c1)OCO2)N(CC(=O)O)CC1CC1. The number of ether oxygens (including phenoxy) is 2. The van der Waals surface area contributed by atoms with Crippen LogP contribution in [0.15, 0.2) is 18.2 Å². The summed E-state index contributed by atoms with van der Waals surface area (Å²) in [5.74, 6) is 1.38. The predicted octanol–water partition coefficient (Wildman–Crippen LogP) is 2.27. The molecule has 0 radical (unpaired) electrons. The van der Waals surface area contributed by atoms with E-state index in [1.54, 1.807) is 0 Å². The summed E-state index contributed by atoms with van der Waals surface area (Å²) in [4.78, 5) is 13.1. The normalized spacial score (nSPS) is 18.3. The average Bonchev–Trinajstić information content (AvgIpc) is 3.11. The monoisotopic (exact) mass is 277 g/mol. The van der Waals surface area contributed by atoms with Crippen molar-refractivity contribution in [2.75, 3.05) is 19.9 Å². The number of nitrogens with zero attached hydrogens (tertiary/aromatic N) is 1. The highest BCUT2D eigenvalue weighted by atomic mass is 16.7. The van der Waals surface area contributed by atoms with Gasteiger partial charge in [0.05, 0.1) is 6.54 Å². The Morgan fingerprint density at radius 2 is 2.15 bits per heavy atom. The first kappa shape index (κ1) is 13.2. The van der Waals surface area contributed by atoms with Crippen molar-refractivity contribution in [2.24, 2.45) is 5.92 Å². The van der Waals surface area contributed by atoms with Crippen LogP contribution in [-0.4, -0.2) is 35.9 Å². The number of benzene rings is 1. The van der Waals surface area contributed by atoms with E-state index in [2.05, 4.69) is 0 Å². The van der Waals surface area contributed by atoms with E-state index in [1.807, 2.05) is 30.0 Å². The molecule has 0 saturated heterocycles. The topological polar surface area (TPSA) is 59.0 Å². The minimum Gasteiger partial charge on any atom is -0.480 e. The molecule has 0 aromatic heterocycles. The Hall–Kier alpha value is -1.75. The summed E-state index contributed by atoms with van der Waals surface area (Å²) >= 11 is 0. The fourth-order valence-corrected chi connectivity index (χ4v) is 2.55. The van der Waals surface area contributed by atoms with Crippen LogP contribution in [0.3, 0.4) is 0 Å². The van der Waals surface area contributed by atoms with Gasteiger partial charge in [-0.25, -0.2) is 0 Å². The number of carbonyl (C=O) groups is 1. The molecule has 0 spiro atoms. The molecule has 0 amide bonds. The largest absolute Gasteiger partial charge is 0.480 e. The van der Waals surface area contributed by atoms with Crippen LogP contribution in [0.25, 0.3) is 0 Å². The maximum Gasteiger partial charge on any atom is 0.317 e. The molecule has 20 heavy (non-hydrogen) atoms. The van der Waals surface area contributed by atoms with Crippen LogP contribution in [-0.2, 0) is 4.79 Å². The molecule has 1 saturated carbocycles. The summed E-state index contributed by atoms with van der Waals surface area (Å²) in [5.41, 5.74) is 1.07. The van der Waals surface area contributed by atoms with Gasteiger partial charge in [0.15, 0.2) is 11.5 Å². The molecule has 1 heterocycles. The van der Waals surface area contributed by atoms with E-state index in [-0.39, 0.29) is 19.4 Å². The van der Waals surface area contributed by atoms with Crippen molar-refractivity contribution in [3.63, 3.8) is 0 Å². The molecular formula is C15H19NO4. The minimum atomic E-state index is -0.779. The first-order chi connectivity index (χ1) is 9.63. The third-order valence-corrected chi connectivity index (χ3v) is 3.95. The van der Waals surface area contributed by atoms with Gasteiger partial charge >= 0.3 is 5.97 Å². The van der Waals surface area contributed by atoms with Crippen LogP contribution in [0.5, 0.6) is 11.5 Å². The van der Waals surface area contributed by atoms with Crippen molar-refractivity contribution in [1.82, 2.24) is 4.90 Å². The molecule has 5 nitrogen and oxygen atoms in total. The molecule has 1 unspecified atom stereocenters. The first-order valence-electron chi connectivity index (χ1n) is 6.99. The van der Waals surface area contributed by atoms with E-state index in [9.17, 15) is 4.79 Å². The summed E-state index contributed by atoms with van der Waals surface area (Å²) in [5, 5.41) is 9.08. The lowest BCUT2D eigenvalue weighted by atomic mass is 10.1. The van der Waals surface area contributed by atoms with Crippen LogP contribution in [0.4, 0.5) is 0 Å². The highest BCUT2D eigenvalue weighted by Gasteiger charge is 2.28. The molecule has 1 aliphatic carbocycles. The Labute approximate surface area is 118 Å². The van der Waals surface area contributed by atoms with Crippen LogP contribution in [0.2, 0.25) is 0 Å². The standard InChI is InChI=1S/C15H19NO4/c1-10(16(8-15(17)18)7-11-2-3-11)12-4-5-13-14(6-12)20-9-19-13/h4-6,10-11H,2-3,7-9H2,1H3,(H,17,18). The molecule has 2 aliphatic rings. The highest BCUT2D eigenvalue weighted by Crippen LogP contribution is 2.37. The van der Waals surface area contributed by atoms with E-state index in [4.69, 9.17) is 14.6 Å². The van der Waals surface area contributed by atoms with Gasteiger partial charge in [-0.05, 0) is 43.4 Å². The Morgan fingerprint density at radius 3 is 2.85 bits per heavy atom. The van der Waals surface area contributed by atoms with Gasteiger partial charge in [-0.3, -0.25) is 9.69 Å². The lowest BCUT2D eigenvalue weighted by Gasteiger charge is -2.28. The second-order valence-electron chi connectivity index (χ2n) is 5.56. The van der Waals surface area contributed by atoms with Gasteiger partial charge in [-0.15, -0.1) is 0 Å². The van der Waals surface area contributed by atoms with Crippen molar-refractivity contribution >= 4 is 5.97 Å². The quantitative estimate of drug-likeness (QED) is 0.864. The van der Waals surface area contributed by atoms with Crippen LogP contribution >= 0.6 is 0 Å². The summed E-state index contributed by atoms with van der Waals surface area (Å²) in [6.45, 7) is 3.23. The van der Waals surface area contributed by atoms with Gasteiger partial charge in [0, 0.05) is 12.6 Å². The number of carboxylic acid groups (broad SMARTS) is 1. The van der Waals surface area contributed by atoms with Crippen LogP contribution in [0, 0.1) is 5.92 Å². The number of hydrogen-bond donors (Lipinski definition) is 1. The lowest BCUT2D eigenvalue weighted by Crippen LogP contribution is -2.34.